The van der Waals surface area contributed by atoms with Crippen LogP contribution in [0, 0.1) is 0 Å². The smallest absolute Gasteiger partial charge is 0.244 e. The minimum atomic E-state index is -3.92. The lowest BCUT2D eigenvalue weighted by atomic mass is 10.3. The molecule has 1 saturated heterocycles. The molecule has 9 heteroatoms. The molecule has 3 rings (SSSR count). The third kappa shape index (κ3) is 2.02. The molecule has 1 aromatic rings. The molecular formula is C10H13N3O4S2. The summed E-state index contributed by atoms with van der Waals surface area (Å²) in [6, 6.07) is 3.96. The van der Waals surface area contributed by atoms with Crippen LogP contribution in [0.1, 0.15) is 12.8 Å². The fourth-order valence-corrected chi connectivity index (χ4v) is 4.63. The molecule has 104 valence electrons. The average Bonchev–Trinajstić information content (AvgIpc) is 2.74. The predicted octanol–water partition coefficient (Wildman–Crippen LogP) is -0.448. The van der Waals surface area contributed by atoms with Gasteiger partial charge in [-0.2, -0.15) is 4.72 Å². The topological polar surface area (TPSA) is 110 Å². The van der Waals surface area contributed by atoms with Crippen LogP contribution in [0.2, 0.25) is 0 Å². The van der Waals surface area contributed by atoms with Crippen molar-refractivity contribution >= 4 is 25.7 Å². The Morgan fingerprint density at radius 3 is 2.79 bits per heavy atom. The number of nitrogens with one attached hydrogen (secondary N) is 1. The molecule has 0 bridgehead atoms. The molecule has 1 atom stereocenters. The quantitative estimate of drug-likeness (QED) is 0.730. The SMILES string of the molecule is NS(=O)(=O)c1ccc2c(c1)S(=O)(=O)NC1CCCN21. The van der Waals surface area contributed by atoms with Crippen LogP contribution in [0.25, 0.3) is 0 Å². The van der Waals surface area contributed by atoms with Crippen molar-refractivity contribution in [1.29, 1.82) is 0 Å². The van der Waals surface area contributed by atoms with Crippen LogP contribution < -0.4 is 14.8 Å². The van der Waals surface area contributed by atoms with Crippen molar-refractivity contribution in [2.75, 3.05) is 11.4 Å². The van der Waals surface area contributed by atoms with Crippen molar-refractivity contribution in [2.45, 2.75) is 28.8 Å². The number of anilines is 1. The maximum Gasteiger partial charge on any atom is 0.244 e. The van der Waals surface area contributed by atoms with Gasteiger partial charge in [0.25, 0.3) is 0 Å². The Kier molecular flexibility index (Phi) is 2.65. The highest BCUT2D eigenvalue weighted by Crippen LogP contribution is 2.36. The van der Waals surface area contributed by atoms with E-state index in [0.29, 0.717) is 5.69 Å². The van der Waals surface area contributed by atoms with Crippen LogP contribution in [0.5, 0.6) is 0 Å². The van der Waals surface area contributed by atoms with Gasteiger partial charge in [-0.3, -0.25) is 0 Å². The van der Waals surface area contributed by atoms with Gasteiger partial charge in [0.2, 0.25) is 20.0 Å². The van der Waals surface area contributed by atoms with Gasteiger partial charge in [0, 0.05) is 6.54 Å². The summed E-state index contributed by atoms with van der Waals surface area (Å²) in [4.78, 5) is 1.70. The van der Waals surface area contributed by atoms with E-state index < -0.39 is 20.0 Å². The first-order valence-electron chi connectivity index (χ1n) is 5.75. The lowest BCUT2D eigenvalue weighted by Gasteiger charge is -2.33. The van der Waals surface area contributed by atoms with Crippen LogP contribution in [0.3, 0.4) is 0 Å². The Balaban J connectivity index is 2.23. The second-order valence-electron chi connectivity index (χ2n) is 4.65. The van der Waals surface area contributed by atoms with Gasteiger partial charge in [-0.25, -0.2) is 22.0 Å². The normalized spacial score (nSPS) is 24.9. The highest BCUT2D eigenvalue weighted by molar-refractivity contribution is 7.90. The number of primary sulfonamides is 1. The number of nitrogens with two attached hydrogens (primary N) is 1. The van der Waals surface area contributed by atoms with Gasteiger partial charge < -0.3 is 4.90 Å². The Hall–Kier alpha value is -1.16. The first-order valence-corrected chi connectivity index (χ1v) is 8.78. The van der Waals surface area contributed by atoms with Gasteiger partial charge >= 0.3 is 0 Å². The molecule has 0 aromatic heterocycles. The number of rotatable bonds is 1. The molecule has 3 N–H and O–H groups in total. The molecule has 0 aliphatic carbocycles. The van der Waals surface area contributed by atoms with Crippen molar-refractivity contribution in [3.05, 3.63) is 18.2 Å². The number of hydrogen-bond donors (Lipinski definition) is 2. The molecule has 0 saturated carbocycles. The summed E-state index contributed by atoms with van der Waals surface area (Å²) in [5, 5.41) is 5.03. The summed E-state index contributed by atoms with van der Waals surface area (Å²) < 4.78 is 49.4. The summed E-state index contributed by atoms with van der Waals surface area (Å²) >= 11 is 0. The van der Waals surface area contributed by atoms with Crippen molar-refractivity contribution in [3.8, 4) is 0 Å². The summed E-state index contributed by atoms with van der Waals surface area (Å²) in [5.41, 5.74) is 0.536. The fourth-order valence-electron chi connectivity index (χ4n) is 2.54. The summed E-state index contributed by atoms with van der Waals surface area (Å²) in [7, 11) is -7.61. The molecule has 1 fully saturated rings. The van der Waals surface area contributed by atoms with Crippen molar-refractivity contribution < 1.29 is 16.8 Å². The number of fused-ring (bicyclic) bond motifs is 3. The van der Waals surface area contributed by atoms with E-state index in [1.165, 1.54) is 12.1 Å². The maximum absolute atomic E-state index is 12.1. The molecule has 1 unspecified atom stereocenters. The van der Waals surface area contributed by atoms with Gasteiger partial charge in [0.1, 0.15) is 4.90 Å². The zero-order valence-corrected chi connectivity index (χ0v) is 11.5. The first kappa shape index (κ1) is 12.9. The second-order valence-corrected chi connectivity index (χ2v) is 7.89. The third-order valence-electron chi connectivity index (χ3n) is 3.40. The van der Waals surface area contributed by atoms with Crippen molar-refractivity contribution in [2.24, 2.45) is 5.14 Å². The average molecular weight is 303 g/mol. The summed E-state index contributed by atoms with van der Waals surface area (Å²) in [6.07, 6.45) is 1.40. The summed E-state index contributed by atoms with van der Waals surface area (Å²) in [6.45, 7) is 0.745. The Morgan fingerprint density at radius 2 is 2.11 bits per heavy atom. The van der Waals surface area contributed by atoms with E-state index in [4.69, 9.17) is 5.14 Å². The largest absolute Gasteiger partial charge is 0.354 e. The number of nitrogens with zero attached hydrogens (tertiary/aromatic N) is 1. The lowest BCUT2D eigenvalue weighted by molar-refractivity contribution is 0.540. The van der Waals surface area contributed by atoms with Crippen molar-refractivity contribution in [1.82, 2.24) is 4.72 Å². The Labute approximate surface area is 111 Å². The minimum Gasteiger partial charge on any atom is -0.354 e. The minimum absolute atomic E-state index is 0.0304. The fraction of sp³-hybridized carbons (Fsp3) is 0.400. The molecule has 2 aliphatic rings. The number of benzene rings is 1. The number of hydrogen-bond acceptors (Lipinski definition) is 5. The van der Waals surface area contributed by atoms with Crippen LogP contribution in [-0.4, -0.2) is 29.5 Å². The van der Waals surface area contributed by atoms with E-state index in [2.05, 4.69) is 4.72 Å². The molecular weight excluding hydrogens is 290 g/mol. The molecule has 0 radical (unpaired) electrons. The molecule has 0 amide bonds. The molecule has 1 aromatic carbocycles. The zero-order chi connectivity index (χ0) is 13.8. The van der Waals surface area contributed by atoms with Gasteiger partial charge in [-0.05, 0) is 31.0 Å². The molecule has 19 heavy (non-hydrogen) atoms. The van der Waals surface area contributed by atoms with Gasteiger partial charge in [-0.15, -0.1) is 0 Å². The maximum atomic E-state index is 12.1. The van der Waals surface area contributed by atoms with Gasteiger partial charge in [-0.1, -0.05) is 0 Å². The predicted molar refractivity (Wildman–Crippen MR) is 68.5 cm³/mol. The standard InChI is InChI=1S/C10H13N3O4S2/c11-18(14,15)7-3-4-8-9(6-7)19(16,17)12-10-2-1-5-13(8)10/h3-4,6,10,12H,1-2,5H2,(H2,11,14,15). The summed E-state index contributed by atoms with van der Waals surface area (Å²) in [5.74, 6) is 0. The van der Waals surface area contributed by atoms with Crippen LogP contribution in [0.15, 0.2) is 28.0 Å². The third-order valence-corrected chi connectivity index (χ3v) is 5.80. The Bertz CT molecular complexity index is 742. The second kappa shape index (κ2) is 3.92. The number of sulfonamides is 2. The van der Waals surface area contributed by atoms with E-state index in [-0.39, 0.29) is 16.0 Å². The van der Waals surface area contributed by atoms with E-state index in [1.54, 1.807) is 0 Å². The van der Waals surface area contributed by atoms with Crippen LogP contribution in [0.4, 0.5) is 5.69 Å². The molecule has 7 nitrogen and oxygen atoms in total. The van der Waals surface area contributed by atoms with Crippen LogP contribution in [-0.2, 0) is 20.0 Å². The highest BCUT2D eigenvalue weighted by atomic mass is 32.2. The van der Waals surface area contributed by atoms with Gasteiger partial charge in [0.05, 0.1) is 16.7 Å². The lowest BCUT2D eigenvalue weighted by Crippen LogP contribution is -2.48. The molecule has 0 spiro atoms. The monoisotopic (exact) mass is 303 g/mol. The van der Waals surface area contributed by atoms with E-state index in [9.17, 15) is 16.8 Å². The molecule has 2 heterocycles. The van der Waals surface area contributed by atoms with E-state index in [1.807, 2.05) is 4.90 Å². The molecule has 2 aliphatic heterocycles. The zero-order valence-electron chi connectivity index (χ0n) is 9.90. The highest BCUT2D eigenvalue weighted by Gasteiger charge is 2.38. The van der Waals surface area contributed by atoms with Crippen molar-refractivity contribution in [3.63, 3.8) is 0 Å². The van der Waals surface area contributed by atoms with E-state index in [0.717, 1.165) is 25.5 Å². The Morgan fingerprint density at radius 1 is 1.37 bits per heavy atom. The van der Waals surface area contributed by atoms with Crippen LogP contribution >= 0.6 is 0 Å². The first-order chi connectivity index (χ1) is 8.79. The van der Waals surface area contributed by atoms with Gasteiger partial charge in [0.15, 0.2) is 0 Å². The van der Waals surface area contributed by atoms with E-state index >= 15 is 0 Å².